The third kappa shape index (κ3) is 6.79. The van der Waals surface area contributed by atoms with E-state index in [1.165, 1.54) is 17.5 Å². The summed E-state index contributed by atoms with van der Waals surface area (Å²) in [4.78, 5) is 27.4. The molecule has 8 nitrogen and oxygen atoms in total. The Hall–Kier alpha value is -3.69. The molecule has 200 valence electrons. The van der Waals surface area contributed by atoms with Gasteiger partial charge in [0.2, 0.25) is 21.8 Å². The minimum absolute atomic E-state index is 0.0409. The van der Waals surface area contributed by atoms with Crippen molar-refractivity contribution in [2.75, 3.05) is 32.1 Å². The van der Waals surface area contributed by atoms with Crippen molar-refractivity contribution in [3.05, 3.63) is 89.5 Å². The maximum atomic E-state index is 13.6. The van der Waals surface area contributed by atoms with Crippen LogP contribution in [0, 0.1) is 6.92 Å². The molecule has 1 fully saturated rings. The van der Waals surface area contributed by atoms with Crippen LogP contribution >= 0.6 is 0 Å². The third-order valence-electron chi connectivity index (χ3n) is 6.58. The SMILES string of the molecule is COc1ccc(S(=O)(=O)N(CC(=O)Nc2ccc(CC(=O)N3CCCC3)cc2)Cc2ccccc2)cc1C. The molecule has 3 aromatic rings. The number of aryl methyl sites for hydroxylation is 1. The molecule has 0 unspecified atom stereocenters. The summed E-state index contributed by atoms with van der Waals surface area (Å²) in [7, 11) is -2.46. The predicted octanol–water partition coefficient (Wildman–Crippen LogP) is 4.00. The maximum absolute atomic E-state index is 13.6. The summed E-state index contributed by atoms with van der Waals surface area (Å²) in [5.41, 5.74) is 2.84. The van der Waals surface area contributed by atoms with E-state index in [2.05, 4.69) is 5.32 Å². The van der Waals surface area contributed by atoms with Gasteiger partial charge >= 0.3 is 0 Å². The zero-order chi connectivity index (χ0) is 27.1. The molecule has 0 radical (unpaired) electrons. The van der Waals surface area contributed by atoms with Crippen LogP contribution in [0.3, 0.4) is 0 Å². The Morgan fingerprint density at radius 3 is 2.26 bits per heavy atom. The van der Waals surface area contributed by atoms with Crippen LogP contribution in [0.2, 0.25) is 0 Å². The first-order valence-electron chi connectivity index (χ1n) is 12.6. The molecule has 0 aliphatic carbocycles. The highest BCUT2D eigenvalue weighted by Gasteiger charge is 2.27. The van der Waals surface area contributed by atoms with Gasteiger partial charge in [-0.15, -0.1) is 0 Å². The number of nitrogens with one attached hydrogen (secondary N) is 1. The van der Waals surface area contributed by atoms with E-state index in [4.69, 9.17) is 4.74 Å². The number of likely N-dealkylation sites (tertiary alicyclic amines) is 1. The van der Waals surface area contributed by atoms with Crippen LogP contribution in [0.15, 0.2) is 77.7 Å². The smallest absolute Gasteiger partial charge is 0.243 e. The number of rotatable bonds is 10. The van der Waals surface area contributed by atoms with E-state index in [9.17, 15) is 18.0 Å². The molecule has 1 heterocycles. The van der Waals surface area contributed by atoms with Crippen molar-refractivity contribution in [2.24, 2.45) is 0 Å². The van der Waals surface area contributed by atoms with Gasteiger partial charge in [-0.1, -0.05) is 42.5 Å². The lowest BCUT2D eigenvalue weighted by Crippen LogP contribution is -2.37. The van der Waals surface area contributed by atoms with E-state index in [1.54, 1.807) is 31.2 Å². The number of sulfonamides is 1. The van der Waals surface area contributed by atoms with Crippen LogP contribution < -0.4 is 10.1 Å². The van der Waals surface area contributed by atoms with Gasteiger partial charge in [-0.3, -0.25) is 9.59 Å². The van der Waals surface area contributed by atoms with Crippen LogP contribution in [0.5, 0.6) is 5.75 Å². The second-order valence-corrected chi connectivity index (χ2v) is 11.3. The number of ether oxygens (including phenoxy) is 1. The van der Waals surface area contributed by atoms with Crippen molar-refractivity contribution in [2.45, 2.75) is 37.6 Å². The highest BCUT2D eigenvalue weighted by Crippen LogP contribution is 2.25. The fourth-order valence-corrected chi connectivity index (χ4v) is 5.96. The zero-order valence-electron chi connectivity index (χ0n) is 21.7. The van der Waals surface area contributed by atoms with Gasteiger partial charge in [-0.2, -0.15) is 4.31 Å². The maximum Gasteiger partial charge on any atom is 0.243 e. The van der Waals surface area contributed by atoms with Crippen LogP contribution in [-0.2, 0) is 32.6 Å². The lowest BCUT2D eigenvalue weighted by Gasteiger charge is -2.22. The highest BCUT2D eigenvalue weighted by molar-refractivity contribution is 7.89. The van der Waals surface area contributed by atoms with Crippen LogP contribution in [0.25, 0.3) is 0 Å². The average Bonchev–Trinajstić information content (AvgIpc) is 3.45. The number of hydrogen-bond acceptors (Lipinski definition) is 5. The molecule has 1 aliphatic rings. The number of hydrogen-bond donors (Lipinski definition) is 1. The average molecular weight is 536 g/mol. The number of benzene rings is 3. The molecule has 0 atom stereocenters. The molecule has 9 heteroatoms. The van der Waals surface area contributed by atoms with Gasteiger partial charge in [0, 0.05) is 25.3 Å². The molecule has 0 saturated carbocycles. The second kappa shape index (κ2) is 12.2. The molecule has 0 bridgehead atoms. The Bertz CT molecular complexity index is 1370. The largest absolute Gasteiger partial charge is 0.496 e. The van der Waals surface area contributed by atoms with Gasteiger partial charge < -0.3 is 15.0 Å². The molecule has 3 aromatic carbocycles. The summed E-state index contributed by atoms with van der Waals surface area (Å²) in [5.74, 6) is 0.229. The highest BCUT2D eigenvalue weighted by atomic mass is 32.2. The monoisotopic (exact) mass is 535 g/mol. The summed E-state index contributed by atoms with van der Waals surface area (Å²) < 4.78 is 33.6. The van der Waals surface area contributed by atoms with Crippen molar-refractivity contribution < 1.29 is 22.7 Å². The lowest BCUT2D eigenvalue weighted by atomic mass is 10.1. The van der Waals surface area contributed by atoms with E-state index in [-0.39, 0.29) is 23.9 Å². The Labute approximate surface area is 224 Å². The van der Waals surface area contributed by atoms with Crippen molar-refractivity contribution in [1.29, 1.82) is 0 Å². The van der Waals surface area contributed by atoms with Crippen LogP contribution in [-0.4, -0.2) is 56.2 Å². The van der Waals surface area contributed by atoms with E-state index >= 15 is 0 Å². The summed E-state index contributed by atoms with van der Waals surface area (Å²) in [6, 6.07) is 20.9. The first kappa shape index (κ1) is 27.3. The summed E-state index contributed by atoms with van der Waals surface area (Å²) >= 11 is 0. The van der Waals surface area contributed by atoms with Crippen LogP contribution in [0.4, 0.5) is 5.69 Å². The molecule has 1 aliphatic heterocycles. The van der Waals surface area contributed by atoms with Crippen molar-refractivity contribution >= 4 is 27.5 Å². The van der Waals surface area contributed by atoms with Gasteiger partial charge in [-0.25, -0.2) is 8.42 Å². The van der Waals surface area contributed by atoms with E-state index < -0.39 is 15.9 Å². The number of carbonyl (C=O) groups is 2. The Morgan fingerprint density at radius 2 is 1.63 bits per heavy atom. The number of methoxy groups -OCH3 is 1. The van der Waals surface area contributed by atoms with Gasteiger partial charge in [0.25, 0.3) is 0 Å². The van der Waals surface area contributed by atoms with Gasteiger partial charge in [0.1, 0.15) is 5.75 Å². The lowest BCUT2D eigenvalue weighted by molar-refractivity contribution is -0.129. The topological polar surface area (TPSA) is 96.0 Å². The third-order valence-corrected chi connectivity index (χ3v) is 8.37. The normalized spacial score (nSPS) is 13.5. The first-order valence-corrected chi connectivity index (χ1v) is 14.1. The van der Waals surface area contributed by atoms with Gasteiger partial charge in [0.05, 0.1) is 25.0 Å². The van der Waals surface area contributed by atoms with Gasteiger partial charge in [0.15, 0.2) is 0 Å². The predicted molar refractivity (Wildman–Crippen MR) is 146 cm³/mol. The standard InChI is InChI=1S/C29H33N3O5S/c1-22-18-26(14-15-27(22)37-2)38(35,36)32(20-24-8-4-3-5-9-24)21-28(33)30-25-12-10-23(11-13-25)19-29(34)31-16-6-7-17-31/h3-5,8-15,18H,6-7,16-17,19-21H2,1-2H3,(H,30,33). The van der Waals surface area contributed by atoms with E-state index in [0.29, 0.717) is 23.4 Å². The molecule has 0 aromatic heterocycles. The number of amides is 2. The van der Waals surface area contributed by atoms with Crippen molar-refractivity contribution in [3.63, 3.8) is 0 Å². The molecule has 0 spiro atoms. The summed E-state index contributed by atoms with van der Waals surface area (Å²) in [6.45, 7) is 3.07. The molecular weight excluding hydrogens is 502 g/mol. The minimum Gasteiger partial charge on any atom is -0.496 e. The minimum atomic E-state index is -3.99. The molecular formula is C29H33N3O5S. The Morgan fingerprint density at radius 1 is 0.947 bits per heavy atom. The fraction of sp³-hybridized carbons (Fsp3) is 0.310. The van der Waals surface area contributed by atoms with Crippen LogP contribution in [0.1, 0.15) is 29.5 Å². The quantitative estimate of drug-likeness (QED) is 0.423. The number of anilines is 1. The number of nitrogens with zero attached hydrogens (tertiary/aromatic N) is 2. The van der Waals surface area contributed by atoms with Crippen molar-refractivity contribution in [1.82, 2.24) is 9.21 Å². The number of carbonyl (C=O) groups excluding carboxylic acids is 2. The first-order chi connectivity index (χ1) is 18.3. The zero-order valence-corrected chi connectivity index (χ0v) is 22.5. The summed E-state index contributed by atoms with van der Waals surface area (Å²) in [6.07, 6.45) is 2.41. The molecule has 1 N–H and O–H groups in total. The molecule has 4 rings (SSSR count). The molecule has 1 saturated heterocycles. The second-order valence-electron chi connectivity index (χ2n) is 9.40. The Balaban J connectivity index is 1.47. The fourth-order valence-electron chi connectivity index (χ4n) is 4.49. The van der Waals surface area contributed by atoms with E-state index in [0.717, 1.165) is 37.1 Å². The molecule has 38 heavy (non-hydrogen) atoms. The van der Waals surface area contributed by atoms with Gasteiger partial charge in [-0.05, 0) is 66.8 Å². The van der Waals surface area contributed by atoms with E-state index in [1.807, 2.05) is 47.4 Å². The Kier molecular flexibility index (Phi) is 8.81. The summed E-state index contributed by atoms with van der Waals surface area (Å²) in [5, 5.41) is 2.79. The molecule has 2 amide bonds. The van der Waals surface area contributed by atoms with Crippen molar-refractivity contribution in [3.8, 4) is 5.75 Å².